The van der Waals surface area contributed by atoms with Crippen molar-refractivity contribution in [3.63, 3.8) is 0 Å². The lowest BCUT2D eigenvalue weighted by molar-refractivity contribution is -0.134. The van der Waals surface area contributed by atoms with Gasteiger partial charge in [-0.1, -0.05) is 18.6 Å². The van der Waals surface area contributed by atoms with E-state index < -0.39 is 0 Å². The van der Waals surface area contributed by atoms with E-state index in [0.29, 0.717) is 35.3 Å². The van der Waals surface area contributed by atoms with Crippen molar-refractivity contribution in [3.8, 4) is 23.3 Å². The number of esters is 1. The Labute approximate surface area is 192 Å². The number of nitrogens with zero attached hydrogens (tertiary/aromatic N) is 3. The molecule has 2 saturated carbocycles. The predicted molar refractivity (Wildman–Crippen MR) is 123 cm³/mol. The molecule has 2 heterocycles. The molecule has 1 aliphatic heterocycles. The van der Waals surface area contributed by atoms with Gasteiger partial charge in [-0.15, -0.1) is 0 Å². The molecule has 170 valence electrons. The lowest BCUT2D eigenvalue weighted by atomic mass is 10.2. The number of fused-ring (bicyclic) bond motifs is 1. The van der Waals surface area contributed by atoms with Gasteiger partial charge in [-0.25, -0.2) is 9.78 Å². The number of H-pyrrole nitrogens is 1. The van der Waals surface area contributed by atoms with Crippen molar-refractivity contribution in [2.75, 3.05) is 12.0 Å². The van der Waals surface area contributed by atoms with Crippen LogP contribution in [0.5, 0.6) is 11.5 Å². The van der Waals surface area contributed by atoms with E-state index in [1.165, 1.54) is 7.11 Å². The number of rotatable bonds is 6. The highest BCUT2D eigenvalue weighted by molar-refractivity contribution is 6.04. The minimum absolute atomic E-state index is 0.0298. The number of hydrogen-bond acceptors (Lipinski definition) is 5. The molecule has 0 radical (unpaired) electrons. The van der Waals surface area contributed by atoms with Crippen LogP contribution in [0.25, 0.3) is 5.70 Å². The van der Waals surface area contributed by atoms with Crippen LogP contribution in [0, 0.1) is 18.8 Å². The van der Waals surface area contributed by atoms with Gasteiger partial charge in [0.1, 0.15) is 5.69 Å². The number of hydrogen-bond donors (Lipinski definition) is 1. The Balaban J connectivity index is 1.25. The number of aromatic nitrogens is 2. The summed E-state index contributed by atoms with van der Waals surface area (Å²) in [4.78, 5) is 36.7. The third-order valence-electron chi connectivity index (χ3n) is 5.93. The normalized spacial score (nSPS) is 17.4. The minimum Gasteiger partial charge on any atom is -0.493 e. The van der Waals surface area contributed by atoms with Crippen molar-refractivity contribution in [1.82, 2.24) is 14.9 Å². The highest BCUT2D eigenvalue weighted by Gasteiger charge is 2.47. The monoisotopic (exact) mass is 446 g/mol. The smallest absolute Gasteiger partial charge is 0.330 e. The van der Waals surface area contributed by atoms with E-state index in [2.05, 4.69) is 28.4 Å². The molecular weight excluding hydrogens is 420 g/mol. The number of anilines is 1. The average Bonchev–Trinajstić information content (AvgIpc) is 3.72. The third-order valence-corrected chi connectivity index (χ3v) is 5.93. The van der Waals surface area contributed by atoms with Gasteiger partial charge in [-0.05, 0) is 56.2 Å². The van der Waals surface area contributed by atoms with Crippen LogP contribution in [0.1, 0.15) is 55.6 Å². The largest absolute Gasteiger partial charge is 0.493 e. The van der Waals surface area contributed by atoms with Crippen molar-refractivity contribution in [1.29, 1.82) is 0 Å². The zero-order valence-electron chi connectivity index (χ0n) is 18.8. The van der Waals surface area contributed by atoms with Gasteiger partial charge < -0.3 is 14.5 Å². The lowest BCUT2D eigenvalue weighted by Gasteiger charge is -2.35. The molecule has 1 aromatic heterocycles. The van der Waals surface area contributed by atoms with E-state index in [4.69, 9.17) is 9.47 Å². The Morgan fingerprint density at radius 3 is 2.64 bits per heavy atom. The van der Waals surface area contributed by atoms with Crippen molar-refractivity contribution in [2.45, 2.75) is 57.5 Å². The fourth-order valence-electron chi connectivity index (χ4n) is 3.96. The van der Waals surface area contributed by atoms with Gasteiger partial charge in [0.05, 0.1) is 19.2 Å². The van der Waals surface area contributed by atoms with E-state index in [0.717, 1.165) is 36.9 Å². The van der Waals surface area contributed by atoms with Gasteiger partial charge in [0, 0.05) is 18.5 Å². The van der Waals surface area contributed by atoms with E-state index >= 15 is 0 Å². The Kier molecular flexibility index (Phi) is 5.33. The molecule has 2 aromatic rings. The molecule has 0 bridgehead atoms. The molecule has 0 spiro atoms. The first-order chi connectivity index (χ1) is 16.0. The Hall–Kier alpha value is -3.73. The number of aryl methyl sites for hydroxylation is 1. The number of benzene rings is 1. The summed E-state index contributed by atoms with van der Waals surface area (Å²) in [6.45, 7) is 6.08. The second-order valence-electron chi connectivity index (χ2n) is 8.65. The van der Waals surface area contributed by atoms with E-state index in [-0.39, 0.29) is 30.5 Å². The Bertz CT molecular complexity index is 1200. The first-order valence-corrected chi connectivity index (χ1v) is 11.2. The average molecular weight is 447 g/mol. The van der Waals surface area contributed by atoms with Crippen LogP contribution in [-0.4, -0.2) is 46.1 Å². The molecule has 33 heavy (non-hydrogen) atoms. The summed E-state index contributed by atoms with van der Waals surface area (Å²) < 4.78 is 10.7. The summed E-state index contributed by atoms with van der Waals surface area (Å²) >= 11 is 0. The first-order valence-electron chi connectivity index (χ1n) is 11.2. The number of imidazole rings is 1. The fraction of sp³-hybridized carbons (Fsp3) is 0.400. The number of nitrogens with one attached hydrogen (secondary N) is 1. The molecular formula is C25H26N4O4. The van der Waals surface area contributed by atoms with E-state index in [9.17, 15) is 9.59 Å². The molecule has 2 fully saturated rings. The molecule has 5 rings (SSSR count). The van der Waals surface area contributed by atoms with Crippen molar-refractivity contribution >= 4 is 23.5 Å². The molecule has 1 aromatic carbocycles. The van der Waals surface area contributed by atoms with Crippen LogP contribution in [0.4, 0.5) is 10.6 Å². The SMILES string of the molecule is C=C1c2[nH]c(C#CCCC(=O)Oc3ccc(C)cc3OC)nc2N(C2CC2)C(=O)N1C1CC1. The maximum Gasteiger partial charge on any atom is 0.330 e. The zero-order chi connectivity index (χ0) is 23.1. The number of amides is 2. The molecule has 0 atom stereocenters. The molecule has 8 nitrogen and oxygen atoms in total. The quantitative estimate of drug-likeness (QED) is 0.412. The third kappa shape index (κ3) is 4.19. The highest BCUT2D eigenvalue weighted by atomic mass is 16.6. The van der Waals surface area contributed by atoms with Crippen LogP contribution in [0.15, 0.2) is 24.8 Å². The van der Waals surface area contributed by atoms with Crippen LogP contribution in [0.3, 0.4) is 0 Å². The van der Waals surface area contributed by atoms with Gasteiger partial charge in [0.15, 0.2) is 23.1 Å². The number of urea groups is 1. The first kappa shape index (κ1) is 21.1. The minimum atomic E-state index is -0.385. The molecule has 8 heteroatoms. The number of aromatic amines is 1. The molecule has 2 amide bonds. The number of ether oxygens (including phenoxy) is 2. The number of methoxy groups -OCH3 is 1. The number of carbonyl (C=O) groups is 2. The summed E-state index contributed by atoms with van der Waals surface area (Å²) in [6.07, 6.45) is 4.43. The maximum absolute atomic E-state index is 13.1. The Morgan fingerprint density at radius 1 is 1.21 bits per heavy atom. The maximum atomic E-state index is 13.1. The van der Waals surface area contributed by atoms with Gasteiger partial charge in [-0.3, -0.25) is 14.6 Å². The molecule has 3 aliphatic rings. The summed E-state index contributed by atoms with van der Waals surface area (Å²) in [5.41, 5.74) is 2.43. The summed E-state index contributed by atoms with van der Waals surface area (Å²) in [5, 5.41) is 0. The van der Waals surface area contributed by atoms with Gasteiger partial charge >= 0.3 is 12.0 Å². The molecule has 1 N–H and O–H groups in total. The van der Waals surface area contributed by atoms with Gasteiger partial charge in [0.25, 0.3) is 0 Å². The highest BCUT2D eigenvalue weighted by Crippen LogP contribution is 2.44. The summed E-state index contributed by atoms with van der Waals surface area (Å²) in [6, 6.07) is 5.79. The molecule has 2 aliphatic carbocycles. The van der Waals surface area contributed by atoms with Gasteiger partial charge in [0.2, 0.25) is 0 Å². The fourth-order valence-corrected chi connectivity index (χ4v) is 3.96. The van der Waals surface area contributed by atoms with Gasteiger partial charge in [-0.2, -0.15) is 0 Å². The topological polar surface area (TPSA) is 87.8 Å². The van der Waals surface area contributed by atoms with Crippen LogP contribution in [0.2, 0.25) is 0 Å². The molecule has 0 unspecified atom stereocenters. The summed E-state index contributed by atoms with van der Waals surface area (Å²) in [5.74, 6) is 7.55. The van der Waals surface area contributed by atoms with Crippen molar-refractivity contribution < 1.29 is 19.1 Å². The van der Waals surface area contributed by atoms with Crippen LogP contribution in [-0.2, 0) is 4.79 Å². The second-order valence-corrected chi connectivity index (χ2v) is 8.65. The van der Waals surface area contributed by atoms with Crippen molar-refractivity contribution in [3.05, 3.63) is 41.9 Å². The summed E-state index contributed by atoms with van der Waals surface area (Å²) in [7, 11) is 1.54. The number of carbonyl (C=O) groups excluding carboxylic acids is 2. The Morgan fingerprint density at radius 2 is 1.94 bits per heavy atom. The van der Waals surface area contributed by atoms with Crippen molar-refractivity contribution in [2.24, 2.45) is 0 Å². The van der Waals surface area contributed by atoms with Crippen LogP contribution >= 0.6 is 0 Å². The zero-order valence-corrected chi connectivity index (χ0v) is 18.8. The van der Waals surface area contributed by atoms with E-state index in [1.54, 1.807) is 15.9 Å². The van der Waals surface area contributed by atoms with E-state index in [1.807, 2.05) is 19.1 Å². The predicted octanol–water partition coefficient (Wildman–Crippen LogP) is 4.00. The standard InChI is InChI=1S/C25H26N4O4/c1-15-8-13-19(20(14-15)32-3)33-22(30)7-5-4-6-21-26-23-16(2)28(17-9-10-17)25(31)29(18-11-12-18)24(23)27-21/h8,13-14,17-18H,2,5,7,9-12H2,1,3H3,(H,26,27). The second kappa shape index (κ2) is 8.32. The van der Waals surface area contributed by atoms with Crippen LogP contribution < -0.4 is 14.4 Å². The lowest BCUT2D eigenvalue weighted by Crippen LogP contribution is -2.48. The molecule has 0 saturated heterocycles.